The molecular weight excluding hydrogens is 1060 g/mol. The molecule has 0 radical (unpaired) electrons. The van der Waals surface area contributed by atoms with Gasteiger partial charge in [-0.1, -0.05) is 133 Å². The Morgan fingerprint density at radius 2 is 1.08 bits per heavy atom. The number of nitrogens with zero attached hydrogens (tertiary/aromatic N) is 4. The molecule has 2 aliphatic heterocycles. The Labute approximate surface area is 478 Å². The van der Waals surface area contributed by atoms with Gasteiger partial charge in [0.05, 0.1) is 34.2 Å². The molecule has 3 heterocycles. The van der Waals surface area contributed by atoms with Crippen LogP contribution in [0.25, 0.3) is 32.4 Å². The number of H-pyrrole nitrogens is 1. The zero-order valence-electron chi connectivity index (χ0n) is 42.9. The number of aromatic amines is 1. The number of fused-ring (bicyclic) bond motifs is 3. The summed E-state index contributed by atoms with van der Waals surface area (Å²) in [6.07, 6.45) is 0.0689. The first-order valence-corrected chi connectivity index (χ1v) is 27.9. The van der Waals surface area contributed by atoms with Gasteiger partial charge >= 0.3 is 41.7 Å². The first-order chi connectivity index (χ1) is 37.8. The summed E-state index contributed by atoms with van der Waals surface area (Å²) in [6, 6.07) is 54.5. The van der Waals surface area contributed by atoms with Gasteiger partial charge in [-0.2, -0.15) is 5.10 Å². The molecule has 21 heteroatoms. The molecule has 2 aliphatic rings. The van der Waals surface area contributed by atoms with Crippen LogP contribution >= 0.6 is 0 Å². The van der Waals surface area contributed by atoms with Crippen LogP contribution in [0.2, 0.25) is 0 Å². The van der Waals surface area contributed by atoms with Crippen LogP contribution in [0.15, 0.2) is 202 Å². The molecule has 18 nitrogen and oxygen atoms in total. The number of sulfone groups is 2. The van der Waals surface area contributed by atoms with E-state index in [9.17, 15) is 26.4 Å². The Balaban J connectivity index is 0.000000196. The van der Waals surface area contributed by atoms with Crippen molar-refractivity contribution in [2.24, 2.45) is 5.34 Å². The number of carbonyl (C=O) groups is 2. The summed E-state index contributed by atoms with van der Waals surface area (Å²) < 4.78 is 77.2. The minimum atomic E-state index is -3.89. The SMILES string of the molecule is Nc1ccc(OC2CCN(C(=O)OCc3ccccc3)C2)cc1CS(=O)(=O)c1cccc2ccccc12.O=C(OCc1ccccc1)N1CCC(Oc2ccc3n[nH]c(S(=O)(=O)c4cccc5ccccc45)c3c2)C1.O=N[O-].[Na+]. The zero-order chi connectivity index (χ0) is 54.7. The quantitative estimate of drug-likeness (QED) is 0.0484. The number of hydrogen-bond acceptors (Lipinski definition) is 15. The van der Waals surface area contributed by atoms with E-state index in [-0.39, 0.29) is 87.7 Å². The van der Waals surface area contributed by atoms with Crippen LogP contribution in [-0.2, 0) is 48.1 Å². The number of rotatable bonds is 13. The minimum absolute atomic E-state index is 0. The number of nitrogens with one attached hydrogen (secondary N) is 1. The largest absolute Gasteiger partial charge is 1.00 e. The van der Waals surface area contributed by atoms with Crippen LogP contribution in [0, 0.1) is 10.1 Å². The molecule has 1 aromatic heterocycles. The van der Waals surface area contributed by atoms with Crippen LogP contribution in [0.4, 0.5) is 15.3 Å². The van der Waals surface area contributed by atoms with E-state index < -0.39 is 19.7 Å². The van der Waals surface area contributed by atoms with E-state index in [1.54, 1.807) is 76.5 Å². The van der Waals surface area contributed by atoms with Crippen LogP contribution in [0.5, 0.6) is 11.5 Å². The van der Waals surface area contributed by atoms with E-state index in [0.29, 0.717) is 83.4 Å². The third-order valence-corrected chi connectivity index (χ3v) is 16.7. The number of likely N-dealkylation sites (tertiary alicyclic amines) is 2. The normalized spacial score (nSPS) is 15.0. The van der Waals surface area contributed by atoms with Crippen LogP contribution in [0.3, 0.4) is 0 Å². The van der Waals surface area contributed by atoms with Crippen molar-refractivity contribution in [3.8, 4) is 11.5 Å². The van der Waals surface area contributed by atoms with E-state index in [4.69, 9.17) is 34.8 Å². The second-order valence-electron chi connectivity index (χ2n) is 18.4. The Morgan fingerprint density at radius 1 is 0.608 bits per heavy atom. The number of hydrogen-bond donors (Lipinski definition) is 2. The van der Waals surface area contributed by atoms with Crippen LogP contribution in [-0.4, -0.2) is 87.4 Å². The summed E-state index contributed by atoms with van der Waals surface area (Å²) >= 11 is 0. The molecule has 0 aliphatic carbocycles. The standard InChI is InChI=1S/C29H25N3O5S.C29H28N2O5S.HNO2.Na/c33-29(36-19-20-7-2-1-3-8-20)32-16-15-23(18-32)37-22-13-14-26-25(17-22)28(31-30-26)38(34,35)27-12-6-10-21-9-4-5-11-24(21)27;30-27-14-13-24(36-25-15-16-31(18-25)29(32)35-19-21-7-2-1-3-8-21)17-23(27)20-37(33,34)28-12-6-10-22-9-4-5-11-26(22)28;2-1-3;/h1-14,17,23H,15-16,18-19H2,(H,30,31);1-14,17,25H,15-16,18-20,30H2;(H,2,3);/q;;;+1/p-1. The molecule has 9 aromatic rings. The van der Waals surface area contributed by atoms with Gasteiger partial charge in [0.1, 0.15) is 36.9 Å². The summed E-state index contributed by atoms with van der Waals surface area (Å²) in [4.78, 5) is 36.7. The average molecular weight is 1110 g/mol. The Bertz CT molecular complexity index is 3810. The fraction of sp³-hybridized carbons (Fsp3) is 0.190. The number of anilines is 1. The van der Waals surface area contributed by atoms with E-state index in [2.05, 4.69) is 10.2 Å². The molecule has 0 saturated carbocycles. The van der Waals surface area contributed by atoms with Gasteiger partial charge in [-0.3, -0.25) is 5.10 Å². The van der Waals surface area contributed by atoms with Crippen molar-refractivity contribution < 1.29 is 74.9 Å². The first-order valence-electron chi connectivity index (χ1n) is 24.8. The predicted octanol–water partition coefficient (Wildman–Crippen LogP) is 7.78. The van der Waals surface area contributed by atoms with E-state index in [1.807, 2.05) is 115 Å². The van der Waals surface area contributed by atoms with Crippen molar-refractivity contribution in [2.75, 3.05) is 31.9 Å². The maximum Gasteiger partial charge on any atom is 1.00 e. The fourth-order valence-electron chi connectivity index (χ4n) is 9.30. The maximum absolute atomic E-state index is 13.7. The average Bonchev–Trinajstić information content (AvgIpc) is 4.46. The van der Waals surface area contributed by atoms with Crippen LogP contribution in [0.1, 0.15) is 29.5 Å². The van der Waals surface area contributed by atoms with E-state index >= 15 is 0 Å². The molecule has 11 rings (SSSR count). The van der Waals surface area contributed by atoms with Gasteiger partial charge < -0.3 is 44.6 Å². The van der Waals surface area contributed by atoms with Gasteiger partial charge in [0.15, 0.2) is 14.9 Å². The van der Waals surface area contributed by atoms with Crippen molar-refractivity contribution in [1.82, 2.24) is 20.0 Å². The zero-order valence-corrected chi connectivity index (χ0v) is 46.6. The molecule has 0 bridgehead atoms. The number of aromatic nitrogens is 2. The monoisotopic (exact) mass is 1110 g/mol. The van der Waals surface area contributed by atoms with Gasteiger partial charge in [-0.25, -0.2) is 26.4 Å². The maximum atomic E-state index is 13.7. The van der Waals surface area contributed by atoms with Crippen molar-refractivity contribution >= 4 is 70.0 Å². The van der Waals surface area contributed by atoms with Crippen molar-refractivity contribution in [3.63, 3.8) is 0 Å². The van der Waals surface area contributed by atoms with E-state index in [1.165, 1.54) is 0 Å². The number of ether oxygens (including phenoxy) is 4. The van der Waals surface area contributed by atoms with Crippen LogP contribution < -0.4 is 44.8 Å². The van der Waals surface area contributed by atoms with Crippen molar-refractivity contribution in [3.05, 3.63) is 209 Å². The molecule has 2 atom stereocenters. The van der Waals surface area contributed by atoms with Gasteiger partial charge in [0.25, 0.3) is 0 Å². The van der Waals surface area contributed by atoms with Crippen molar-refractivity contribution in [2.45, 2.75) is 58.8 Å². The summed E-state index contributed by atoms with van der Waals surface area (Å²) in [5, 5.41) is 19.4. The number of amides is 2. The first kappa shape index (κ1) is 57.2. The molecule has 2 amide bonds. The summed E-state index contributed by atoms with van der Waals surface area (Å²) in [6.45, 7) is 2.25. The fourth-order valence-corrected chi connectivity index (χ4v) is 12.5. The number of nitrogen functional groups attached to an aromatic ring is 1. The molecule has 400 valence electrons. The third kappa shape index (κ3) is 14.0. The topological polar surface area (TPSA) is 253 Å². The molecule has 0 spiro atoms. The van der Waals surface area contributed by atoms with Gasteiger partial charge in [0, 0.05) is 47.8 Å². The Morgan fingerprint density at radius 3 is 1.63 bits per heavy atom. The number of benzene rings is 8. The molecule has 8 aromatic carbocycles. The molecule has 2 unspecified atom stereocenters. The molecule has 2 fully saturated rings. The number of carbonyl (C=O) groups excluding carboxylic acids is 2. The van der Waals surface area contributed by atoms with Gasteiger partial charge in [-0.15, -0.1) is 5.34 Å². The summed E-state index contributed by atoms with van der Waals surface area (Å²) in [5.41, 5.74) is 9.38. The molecular formula is C58H53N6NaO12S2. The van der Waals surface area contributed by atoms with Crippen molar-refractivity contribution in [1.29, 1.82) is 0 Å². The second kappa shape index (κ2) is 26.1. The molecule has 3 N–H and O–H groups in total. The Kier molecular flexibility index (Phi) is 18.9. The minimum Gasteiger partial charge on any atom is -0.489 e. The molecule has 79 heavy (non-hydrogen) atoms. The third-order valence-electron chi connectivity index (χ3n) is 13.2. The van der Waals surface area contributed by atoms with Gasteiger partial charge in [-0.05, 0) is 76.0 Å². The van der Waals surface area contributed by atoms with E-state index in [0.717, 1.165) is 27.2 Å². The smallest absolute Gasteiger partial charge is 0.489 e. The van der Waals surface area contributed by atoms with Gasteiger partial charge in [0.2, 0.25) is 9.84 Å². The number of nitrogens with two attached hydrogens (primary N) is 1. The second-order valence-corrected chi connectivity index (χ2v) is 22.2. The summed E-state index contributed by atoms with van der Waals surface area (Å²) in [7, 11) is -7.55. The predicted molar refractivity (Wildman–Crippen MR) is 295 cm³/mol. The summed E-state index contributed by atoms with van der Waals surface area (Å²) in [5.74, 6) is 0.784. The molecule has 2 saturated heterocycles. The Hall–Kier alpha value is -8.01.